The fourth-order valence-corrected chi connectivity index (χ4v) is 3.02. The van der Waals surface area contributed by atoms with Gasteiger partial charge in [-0.1, -0.05) is 6.92 Å². The zero-order valence-electron chi connectivity index (χ0n) is 12.7. The number of nitrogens with zero attached hydrogens (tertiary/aromatic N) is 2. The number of likely N-dealkylation sites (tertiary alicyclic amines) is 1. The van der Waals surface area contributed by atoms with Crippen LogP contribution in [-0.2, 0) is 14.4 Å². The van der Waals surface area contributed by atoms with E-state index in [1.54, 1.807) is 14.0 Å². The number of thioether (sulfide) groups is 1. The molecule has 1 saturated heterocycles. The first kappa shape index (κ1) is 17.8. The molecule has 1 fully saturated rings. The monoisotopic (exact) mass is 316 g/mol. The SMILES string of the molecule is CC(CN(C)C(=O)CSCC(=O)N1CCCCC1)C(=O)O. The number of carbonyl (C=O) groups is 3. The van der Waals surface area contributed by atoms with Crippen LogP contribution in [0.2, 0.25) is 0 Å². The van der Waals surface area contributed by atoms with E-state index in [0.29, 0.717) is 5.75 Å². The number of carboxylic acids is 1. The van der Waals surface area contributed by atoms with Crippen LogP contribution in [0.4, 0.5) is 0 Å². The van der Waals surface area contributed by atoms with Crippen LogP contribution in [0.1, 0.15) is 26.2 Å². The lowest BCUT2D eigenvalue weighted by atomic mass is 10.1. The van der Waals surface area contributed by atoms with Crippen molar-refractivity contribution in [3.63, 3.8) is 0 Å². The molecule has 0 radical (unpaired) electrons. The summed E-state index contributed by atoms with van der Waals surface area (Å²) in [5.74, 6) is -1.02. The first-order chi connectivity index (χ1) is 9.91. The van der Waals surface area contributed by atoms with Crippen LogP contribution in [0.25, 0.3) is 0 Å². The van der Waals surface area contributed by atoms with Gasteiger partial charge in [0, 0.05) is 26.7 Å². The van der Waals surface area contributed by atoms with E-state index >= 15 is 0 Å². The summed E-state index contributed by atoms with van der Waals surface area (Å²) in [6.45, 7) is 3.40. The summed E-state index contributed by atoms with van der Waals surface area (Å²) < 4.78 is 0. The van der Waals surface area contributed by atoms with Crippen molar-refractivity contribution in [2.24, 2.45) is 5.92 Å². The van der Waals surface area contributed by atoms with Crippen molar-refractivity contribution < 1.29 is 19.5 Å². The third-order valence-corrected chi connectivity index (χ3v) is 4.46. The Morgan fingerprint density at radius 1 is 1.19 bits per heavy atom. The van der Waals surface area contributed by atoms with Crippen LogP contribution < -0.4 is 0 Å². The van der Waals surface area contributed by atoms with Gasteiger partial charge < -0.3 is 14.9 Å². The quantitative estimate of drug-likeness (QED) is 0.755. The number of hydrogen-bond donors (Lipinski definition) is 1. The predicted octanol–water partition coefficient (Wildman–Crippen LogP) is 0.911. The summed E-state index contributed by atoms with van der Waals surface area (Å²) in [5.41, 5.74) is 0. The predicted molar refractivity (Wildman–Crippen MR) is 82.2 cm³/mol. The minimum atomic E-state index is -0.914. The molecular weight excluding hydrogens is 292 g/mol. The van der Waals surface area contributed by atoms with Gasteiger partial charge in [-0.3, -0.25) is 14.4 Å². The summed E-state index contributed by atoms with van der Waals surface area (Å²) in [5, 5.41) is 8.81. The van der Waals surface area contributed by atoms with E-state index in [2.05, 4.69) is 0 Å². The fourth-order valence-electron chi connectivity index (χ4n) is 2.16. The molecule has 1 aliphatic heterocycles. The van der Waals surface area contributed by atoms with Gasteiger partial charge in [-0.2, -0.15) is 0 Å². The van der Waals surface area contributed by atoms with Gasteiger partial charge in [0.15, 0.2) is 0 Å². The Morgan fingerprint density at radius 3 is 2.38 bits per heavy atom. The number of aliphatic carboxylic acids is 1. The maximum absolute atomic E-state index is 11.9. The average molecular weight is 316 g/mol. The van der Waals surface area contributed by atoms with Gasteiger partial charge in [-0.15, -0.1) is 11.8 Å². The molecule has 0 saturated carbocycles. The van der Waals surface area contributed by atoms with E-state index in [4.69, 9.17) is 5.11 Å². The topological polar surface area (TPSA) is 77.9 Å². The molecule has 6 nitrogen and oxygen atoms in total. The summed E-state index contributed by atoms with van der Waals surface area (Å²) in [6.07, 6.45) is 3.30. The maximum Gasteiger partial charge on any atom is 0.308 e. The van der Waals surface area contributed by atoms with Gasteiger partial charge in [-0.25, -0.2) is 0 Å². The number of carbonyl (C=O) groups excluding carboxylic acids is 2. The molecule has 21 heavy (non-hydrogen) atoms. The van der Waals surface area contributed by atoms with Crippen LogP contribution >= 0.6 is 11.8 Å². The lowest BCUT2D eigenvalue weighted by molar-refractivity contribution is -0.142. The highest BCUT2D eigenvalue weighted by atomic mass is 32.2. The van der Waals surface area contributed by atoms with Crippen molar-refractivity contribution in [3.8, 4) is 0 Å². The van der Waals surface area contributed by atoms with E-state index in [1.807, 2.05) is 4.90 Å². The van der Waals surface area contributed by atoms with Crippen molar-refractivity contribution in [3.05, 3.63) is 0 Å². The lowest BCUT2D eigenvalue weighted by Crippen LogP contribution is -2.37. The maximum atomic E-state index is 11.9. The Balaban J connectivity index is 2.23. The second-order valence-corrected chi connectivity index (χ2v) is 6.43. The molecule has 1 aliphatic rings. The third-order valence-electron chi connectivity index (χ3n) is 3.55. The highest BCUT2D eigenvalue weighted by Gasteiger charge is 2.19. The zero-order chi connectivity index (χ0) is 15.8. The second-order valence-electron chi connectivity index (χ2n) is 5.45. The average Bonchev–Trinajstić information content (AvgIpc) is 2.47. The van der Waals surface area contributed by atoms with E-state index in [9.17, 15) is 14.4 Å². The highest BCUT2D eigenvalue weighted by Crippen LogP contribution is 2.12. The Kier molecular flexibility index (Phi) is 7.56. The Morgan fingerprint density at radius 2 is 1.81 bits per heavy atom. The second kappa shape index (κ2) is 8.92. The number of carboxylic acid groups (broad SMARTS) is 1. The molecule has 1 atom stereocenters. The molecule has 0 aliphatic carbocycles. The number of rotatable bonds is 7. The van der Waals surface area contributed by atoms with Gasteiger partial charge in [0.05, 0.1) is 17.4 Å². The molecule has 1 N–H and O–H groups in total. The van der Waals surface area contributed by atoms with Crippen LogP contribution in [0.5, 0.6) is 0 Å². The van der Waals surface area contributed by atoms with Gasteiger partial charge in [0.2, 0.25) is 11.8 Å². The Labute approximate surface area is 129 Å². The first-order valence-corrected chi connectivity index (χ1v) is 8.39. The van der Waals surface area contributed by atoms with Crippen LogP contribution in [0.3, 0.4) is 0 Å². The molecule has 7 heteroatoms. The largest absolute Gasteiger partial charge is 0.481 e. The Hall–Kier alpha value is -1.24. The summed E-state index contributed by atoms with van der Waals surface area (Å²) in [6, 6.07) is 0. The summed E-state index contributed by atoms with van der Waals surface area (Å²) >= 11 is 1.30. The van der Waals surface area contributed by atoms with Gasteiger partial charge in [0.1, 0.15) is 0 Å². The summed E-state index contributed by atoms with van der Waals surface area (Å²) in [4.78, 5) is 37.8. The number of piperidine rings is 1. The van der Waals surface area contributed by atoms with Crippen LogP contribution in [0, 0.1) is 5.92 Å². The van der Waals surface area contributed by atoms with Crippen molar-refractivity contribution >= 4 is 29.5 Å². The van der Waals surface area contributed by atoms with Gasteiger partial charge >= 0.3 is 5.97 Å². The standard InChI is InChI=1S/C14H24N2O4S/c1-11(14(19)20)8-15(2)12(17)9-21-10-13(18)16-6-4-3-5-7-16/h11H,3-10H2,1-2H3,(H,19,20). The first-order valence-electron chi connectivity index (χ1n) is 7.24. The van der Waals surface area contributed by atoms with Crippen LogP contribution in [0.15, 0.2) is 0 Å². The summed E-state index contributed by atoms with van der Waals surface area (Å²) in [7, 11) is 1.59. The van der Waals surface area contributed by atoms with Gasteiger partial charge in [-0.05, 0) is 19.3 Å². The van der Waals surface area contributed by atoms with E-state index in [-0.39, 0.29) is 24.1 Å². The number of hydrogen-bond acceptors (Lipinski definition) is 4. The molecule has 0 spiro atoms. The zero-order valence-corrected chi connectivity index (χ0v) is 13.5. The smallest absolute Gasteiger partial charge is 0.308 e. The molecule has 0 aromatic heterocycles. The minimum Gasteiger partial charge on any atom is -0.481 e. The van der Waals surface area contributed by atoms with E-state index in [0.717, 1.165) is 25.9 Å². The number of amides is 2. The molecule has 0 bridgehead atoms. The molecule has 1 rings (SSSR count). The normalized spacial score (nSPS) is 16.4. The Bertz CT molecular complexity index is 383. The molecule has 0 aromatic carbocycles. The molecule has 2 amide bonds. The molecule has 120 valence electrons. The minimum absolute atomic E-state index is 0.0917. The highest BCUT2D eigenvalue weighted by molar-refractivity contribution is 8.00. The van der Waals surface area contributed by atoms with E-state index < -0.39 is 11.9 Å². The fraction of sp³-hybridized carbons (Fsp3) is 0.786. The molecular formula is C14H24N2O4S. The van der Waals surface area contributed by atoms with Gasteiger partial charge in [0.25, 0.3) is 0 Å². The van der Waals surface area contributed by atoms with E-state index in [1.165, 1.54) is 23.1 Å². The van der Waals surface area contributed by atoms with Crippen molar-refractivity contribution in [2.75, 3.05) is 38.2 Å². The third kappa shape index (κ3) is 6.37. The van der Waals surface area contributed by atoms with Crippen LogP contribution in [-0.4, -0.2) is 70.9 Å². The molecule has 1 unspecified atom stereocenters. The van der Waals surface area contributed by atoms with Crippen molar-refractivity contribution in [1.29, 1.82) is 0 Å². The lowest BCUT2D eigenvalue weighted by Gasteiger charge is -2.26. The molecule has 0 aromatic rings. The molecule has 1 heterocycles. The van der Waals surface area contributed by atoms with Crippen molar-refractivity contribution in [2.45, 2.75) is 26.2 Å². The van der Waals surface area contributed by atoms with Crippen molar-refractivity contribution in [1.82, 2.24) is 9.80 Å².